The molecule has 4 rings (SSSR count). The number of alkyl halides is 3. The summed E-state index contributed by atoms with van der Waals surface area (Å²) in [5.41, 5.74) is 7.89. The zero-order chi connectivity index (χ0) is 25.1. The Morgan fingerprint density at radius 2 is 1.91 bits per heavy atom. The Hall–Kier alpha value is -3.34. The van der Waals surface area contributed by atoms with Crippen LogP contribution in [0.3, 0.4) is 0 Å². The maximum Gasteiger partial charge on any atom is 0.422 e. The van der Waals surface area contributed by atoms with Crippen LogP contribution in [-0.2, 0) is 4.79 Å². The summed E-state index contributed by atoms with van der Waals surface area (Å²) in [5.74, 6) is 0.0258. The maximum atomic E-state index is 12.5. The highest BCUT2D eigenvalue weighted by molar-refractivity contribution is 6.04. The molecule has 1 amide bonds. The zero-order valence-corrected chi connectivity index (χ0v) is 19.1. The summed E-state index contributed by atoms with van der Waals surface area (Å²) in [6, 6.07) is 6.13. The Labute approximate surface area is 195 Å². The van der Waals surface area contributed by atoms with Gasteiger partial charge in [-0.2, -0.15) is 18.3 Å². The smallest absolute Gasteiger partial charge is 0.422 e. The van der Waals surface area contributed by atoms with Crippen LogP contribution in [-0.4, -0.2) is 66.8 Å². The van der Waals surface area contributed by atoms with Crippen molar-refractivity contribution >= 4 is 18.0 Å². The van der Waals surface area contributed by atoms with Gasteiger partial charge in [-0.15, -0.1) is 0 Å². The van der Waals surface area contributed by atoms with E-state index in [9.17, 15) is 18.0 Å². The van der Waals surface area contributed by atoms with Gasteiger partial charge in [0.1, 0.15) is 29.1 Å². The van der Waals surface area contributed by atoms with Crippen LogP contribution in [0.5, 0.6) is 5.75 Å². The predicted octanol–water partition coefficient (Wildman–Crippen LogP) is 3.07. The van der Waals surface area contributed by atoms with Crippen molar-refractivity contribution in [2.75, 3.05) is 39.5 Å². The summed E-state index contributed by atoms with van der Waals surface area (Å²) in [6.45, 7) is 3.86. The van der Waals surface area contributed by atoms with Crippen LogP contribution in [0.25, 0.3) is 11.3 Å². The van der Waals surface area contributed by atoms with E-state index >= 15 is 0 Å². The van der Waals surface area contributed by atoms with E-state index in [4.69, 9.17) is 15.3 Å². The van der Waals surface area contributed by atoms with Gasteiger partial charge < -0.3 is 20.7 Å². The lowest BCUT2D eigenvalue weighted by molar-refractivity contribution is -0.153. The van der Waals surface area contributed by atoms with Crippen molar-refractivity contribution in [1.29, 1.82) is 0 Å². The molecule has 34 heavy (non-hydrogen) atoms. The topological polar surface area (TPSA) is 102 Å². The monoisotopic (exact) mass is 479 g/mol. The number of carbonyl (C=O) groups is 2. The van der Waals surface area contributed by atoms with Crippen LogP contribution < -0.4 is 15.8 Å². The Morgan fingerprint density at radius 1 is 1.32 bits per heavy atom. The van der Waals surface area contributed by atoms with Crippen LogP contribution in [0, 0.1) is 5.41 Å². The molecule has 3 N–H and O–H groups in total. The van der Waals surface area contributed by atoms with Crippen LogP contribution >= 0.6 is 0 Å². The van der Waals surface area contributed by atoms with E-state index in [2.05, 4.69) is 28.9 Å². The number of likely N-dealkylation sites (tertiary alicyclic amines) is 1. The van der Waals surface area contributed by atoms with E-state index in [1.54, 1.807) is 16.8 Å². The molecule has 2 fully saturated rings. The van der Waals surface area contributed by atoms with Crippen LogP contribution in [0.15, 0.2) is 36.9 Å². The van der Waals surface area contributed by atoms with Gasteiger partial charge in [-0.25, -0.2) is 4.68 Å². The Morgan fingerprint density at radius 3 is 2.38 bits per heavy atom. The molecule has 0 radical (unpaired) electrons. The van der Waals surface area contributed by atoms with E-state index in [0.29, 0.717) is 28.8 Å². The van der Waals surface area contributed by atoms with Gasteiger partial charge in [0.25, 0.3) is 5.91 Å². The fraction of sp³-hybridized carbons (Fsp3) is 0.435. The number of halogens is 3. The molecule has 2 aromatic rings. The normalized spacial score (nSPS) is 17.1. The molecule has 0 bridgehead atoms. The lowest BCUT2D eigenvalue weighted by Gasteiger charge is -2.58. The second-order valence-electron chi connectivity index (χ2n) is 8.67. The molecule has 2 aliphatic rings. The number of aldehydes is 1. The molecule has 2 heterocycles. The van der Waals surface area contributed by atoms with Gasteiger partial charge in [0.15, 0.2) is 6.61 Å². The van der Waals surface area contributed by atoms with E-state index in [1.165, 1.54) is 25.3 Å². The summed E-state index contributed by atoms with van der Waals surface area (Å²) in [6.07, 6.45) is -0.659. The Kier molecular flexibility index (Phi) is 7.35. The van der Waals surface area contributed by atoms with Crippen molar-refractivity contribution in [2.45, 2.75) is 25.1 Å². The van der Waals surface area contributed by atoms with E-state index in [-0.39, 0.29) is 23.3 Å². The fourth-order valence-corrected chi connectivity index (χ4v) is 4.62. The van der Waals surface area contributed by atoms with Gasteiger partial charge in [-0.05, 0) is 55.6 Å². The molecule has 11 heteroatoms. The summed E-state index contributed by atoms with van der Waals surface area (Å²) in [7, 11) is 3.60. The molecular formula is C23H28F3N5O3. The number of carbonyl (C=O) groups excluding carboxylic acids is 2. The minimum atomic E-state index is -4.41. The third kappa shape index (κ3) is 5.41. The molecule has 0 unspecified atom stereocenters. The summed E-state index contributed by atoms with van der Waals surface area (Å²) >= 11 is 0. The van der Waals surface area contributed by atoms with Gasteiger partial charge in [0, 0.05) is 25.7 Å². The van der Waals surface area contributed by atoms with Crippen molar-refractivity contribution in [3.05, 3.63) is 42.5 Å². The molecule has 1 saturated heterocycles. The summed E-state index contributed by atoms with van der Waals surface area (Å²) in [4.78, 5) is 23.8. The number of hydrogen-bond acceptors (Lipinski definition) is 6. The number of anilines is 1. The predicted molar refractivity (Wildman–Crippen MR) is 121 cm³/mol. The number of nitrogens with zero attached hydrogens (tertiary/aromatic N) is 3. The number of nitrogens with one attached hydrogen (secondary N) is 1. The lowest BCUT2D eigenvalue weighted by Crippen LogP contribution is -2.60. The van der Waals surface area contributed by atoms with Crippen molar-refractivity contribution in [3.63, 3.8) is 0 Å². The number of benzene rings is 1. The van der Waals surface area contributed by atoms with Crippen molar-refractivity contribution < 1.29 is 27.5 Å². The van der Waals surface area contributed by atoms with Crippen LogP contribution in [0.1, 0.15) is 29.2 Å². The first kappa shape index (κ1) is 25.3. The first-order valence-electron chi connectivity index (χ1n) is 10.7. The number of allylic oxidation sites excluding steroid dienone is 1. The molecule has 1 aliphatic carbocycles. The first-order chi connectivity index (χ1) is 16.0. The number of ether oxygens (including phenoxy) is 1. The standard InChI is InChI=1S/C20H24F3N5O2.C3H4O/c1-25-18(29)15-16(12-3-5-14(6-4-12)30-11-20(21,22)23)26-28(17(15)24)13-7-19(8-13)9-27(2)10-19;1-2-3-4/h3-6,13H,7-11,24H2,1-2H3,(H,25,29);2-3H,1H2. The highest BCUT2D eigenvalue weighted by Gasteiger charge is 2.52. The van der Waals surface area contributed by atoms with Gasteiger partial charge in [-0.3, -0.25) is 9.59 Å². The molecule has 1 aromatic carbocycles. The highest BCUT2D eigenvalue weighted by atomic mass is 19.4. The number of aromatic nitrogens is 2. The minimum Gasteiger partial charge on any atom is -0.484 e. The van der Waals surface area contributed by atoms with E-state index in [0.717, 1.165) is 25.9 Å². The maximum absolute atomic E-state index is 12.5. The third-order valence-corrected chi connectivity index (χ3v) is 5.92. The largest absolute Gasteiger partial charge is 0.484 e. The van der Waals surface area contributed by atoms with E-state index in [1.807, 2.05) is 0 Å². The van der Waals surface area contributed by atoms with Gasteiger partial charge in [0.05, 0.1) is 6.04 Å². The first-order valence-corrected chi connectivity index (χ1v) is 10.7. The van der Waals surface area contributed by atoms with Crippen molar-refractivity contribution in [1.82, 2.24) is 20.0 Å². The zero-order valence-electron chi connectivity index (χ0n) is 19.1. The molecular weight excluding hydrogens is 451 g/mol. The minimum absolute atomic E-state index is 0.0833. The molecule has 0 atom stereocenters. The second-order valence-corrected chi connectivity index (χ2v) is 8.67. The van der Waals surface area contributed by atoms with Crippen LogP contribution in [0.4, 0.5) is 19.0 Å². The molecule has 1 aromatic heterocycles. The van der Waals surface area contributed by atoms with Crippen molar-refractivity contribution in [3.8, 4) is 17.0 Å². The molecule has 1 spiro atoms. The number of hydrogen-bond donors (Lipinski definition) is 2. The Bertz CT molecular complexity index is 1030. The average Bonchev–Trinajstić information content (AvgIpc) is 3.10. The van der Waals surface area contributed by atoms with E-state index < -0.39 is 12.8 Å². The molecule has 184 valence electrons. The van der Waals surface area contributed by atoms with Crippen LogP contribution in [0.2, 0.25) is 0 Å². The average molecular weight is 480 g/mol. The molecule has 1 saturated carbocycles. The van der Waals surface area contributed by atoms with Gasteiger partial charge in [0.2, 0.25) is 0 Å². The molecule has 1 aliphatic heterocycles. The number of nitrogen functional groups attached to an aromatic ring is 1. The second kappa shape index (κ2) is 9.88. The summed E-state index contributed by atoms with van der Waals surface area (Å²) in [5, 5.41) is 7.21. The number of amides is 1. The number of rotatable bonds is 6. The van der Waals surface area contributed by atoms with Gasteiger partial charge >= 0.3 is 6.18 Å². The fourth-order valence-electron chi connectivity index (χ4n) is 4.62. The SMILES string of the molecule is C=CC=O.CNC(=O)c1c(-c2ccc(OCC(F)(F)F)cc2)nn(C2CC3(C2)CN(C)C3)c1N. The lowest BCUT2D eigenvalue weighted by atomic mass is 9.61. The summed E-state index contributed by atoms with van der Waals surface area (Å²) < 4.78 is 43.5. The number of nitrogens with two attached hydrogens (primary N) is 1. The van der Waals surface area contributed by atoms with Gasteiger partial charge in [-0.1, -0.05) is 6.58 Å². The quantitative estimate of drug-likeness (QED) is 0.488. The third-order valence-electron chi connectivity index (χ3n) is 5.92. The Balaban J connectivity index is 0.000000751. The molecule has 8 nitrogen and oxygen atoms in total. The highest BCUT2D eigenvalue weighted by Crippen LogP contribution is 2.54. The van der Waals surface area contributed by atoms with Crippen molar-refractivity contribution in [2.24, 2.45) is 5.41 Å².